The number of fused-ring (bicyclic) bond motifs is 1. The normalized spacial score (nSPS) is 16.9. The summed E-state index contributed by atoms with van der Waals surface area (Å²) in [5.41, 5.74) is 2.39. The standard InChI is InChI=1S/C19H15ClFN3O2S/c1-10-3-2-4-15-17(10)22-19(27-15)23-18(26)11-7-16(25)24(9-11)12-5-6-14(21)13(20)8-12/h2-6,8,11H,7,9H2,1H3,(H,22,23,26). The van der Waals surface area contributed by atoms with E-state index in [-0.39, 0.29) is 29.8 Å². The lowest BCUT2D eigenvalue weighted by Crippen LogP contribution is -2.28. The number of anilines is 2. The number of aromatic nitrogens is 1. The minimum atomic E-state index is -0.549. The summed E-state index contributed by atoms with van der Waals surface area (Å²) in [6, 6.07) is 9.95. The highest BCUT2D eigenvalue weighted by Crippen LogP contribution is 2.31. The summed E-state index contributed by atoms with van der Waals surface area (Å²) >= 11 is 7.20. The molecule has 1 aliphatic heterocycles. The maximum Gasteiger partial charge on any atom is 0.231 e. The molecule has 0 aliphatic carbocycles. The van der Waals surface area contributed by atoms with Gasteiger partial charge in [0.25, 0.3) is 0 Å². The molecule has 8 heteroatoms. The maximum atomic E-state index is 13.3. The fraction of sp³-hybridized carbons (Fsp3) is 0.211. The number of rotatable bonds is 3. The van der Waals surface area contributed by atoms with Gasteiger partial charge in [0.15, 0.2) is 5.13 Å². The lowest BCUT2D eigenvalue weighted by molar-refractivity contribution is -0.122. The minimum Gasteiger partial charge on any atom is -0.312 e. The molecule has 1 aromatic heterocycles. The Hall–Kier alpha value is -2.51. The number of hydrogen-bond donors (Lipinski definition) is 1. The van der Waals surface area contributed by atoms with Gasteiger partial charge in [-0.3, -0.25) is 9.59 Å². The lowest BCUT2D eigenvalue weighted by Gasteiger charge is -2.17. The molecule has 5 nitrogen and oxygen atoms in total. The molecule has 0 radical (unpaired) electrons. The minimum absolute atomic E-state index is 0.0574. The van der Waals surface area contributed by atoms with Crippen LogP contribution in [-0.2, 0) is 9.59 Å². The molecule has 0 saturated carbocycles. The van der Waals surface area contributed by atoms with Crippen LogP contribution in [0.2, 0.25) is 5.02 Å². The van der Waals surface area contributed by atoms with Gasteiger partial charge in [-0.15, -0.1) is 0 Å². The first-order valence-corrected chi connectivity index (χ1v) is 9.54. The Morgan fingerprint density at radius 3 is 2.93 bits per heavy atom. The predicted octanol–water partition coefficient (Wildman–Crippen LogP) is 4.39. The van der Waals surface area contributed by atoms with E-state index in [2.05, 4.69) is 10.3 Å². The molecule has 4 rings (SSSR count). The topological polar surface area (TPSA) is 62.3 Å². The maximum absolute atomic E-state index is 13.3. The highest BCUT2D eigenvalue weighted by Gasteiger charge is 2.35. The first-order valence-electron chi connectivity index (χ1n) is 8.35. The third-order valence-corrected chi connectivity index (χ3v) is 5.79. The zero-order valence-corrected chi connectivity index (χ0v) is 15.9. The van der Waals surface area contributed by atoms with Crippen molar-refractivity contribution in [1.29, 1.82) is 0 Å². The molecule has 1 N–H and O–H groups in total. The third-order valence-electron chi connectivity index (χ3n) is 4.56. The van der Waals surface area contributed by atoms with Gasteiger partial charge in [-0.05, 0) is 36.8 Å². The summed E-state index contributed by atoms with van der Waals surface area (Å²) in [6.07, 6.45) is 0.0880. The van der Waals surface area contributed by atoms with Crippen LogP contribution < -0.4 is 10.2 Å². The molecule has 1 aliphatic rings. The van der Waals surface area contributed by atoms with Gasteiger partial charge in [-0.1, -0.05) is 35.1 Å². The molecular formula is C19H15ClFN3O2S. The molecule has 1 fully saturated rings. The molecule has 138 valence electrons. The molecule has 1 atom stereocenters. The van der Waals surface area contributed by atoms with Gasteiger partial charge in [0, 0.05) is 18.7 Å². The number of benzene rings is 2. The zero-order valence-electron chi connectivity index (χ0n) is 14.3. The molecule has 2 heterocycles. The monoisotopic (exact) mass is 403 g/mol. The number of carbonyl (C=O) groups is 2. The fourth-order valence-corrected chi connectivity index (χ4v) is 4.25. The van der Waals surface area contributed by atoms with Crippen LogP contribution in [0.15, 0.2) is 36.4 Å². The van der Waals surface area contributed by atoms with E-state index < -0.39 is 11.7 Å². The molecule has 0 bridgehead atoms. The second-order valence-corrected chi connectivity index (χ2v) is 7.87. The van der Waals surface area contributed by atoms with Crippen molar-refractivity contribution < 1.29 is 14.0 Å². The highest BCUT2D eigenvalue weighted by atomic mass is 35.5. The van der Waals surface area contributed by atoms with E-state index in [0.29, 0.717) is 10.8 Å². The molecule has 27 heavy (non-hydrogen) atoms. The molecule has 0 spiro atoms. The number of carbonyl (C=O) groups excluding carboxylic acids is 2. The largest absolute Gasteiger partial charge is 0.312 e. The van der Waals surface area contributed by atoms with Crippen molar-refractivity contribution in [3.63, 3.8) is 0 Å². The van der Waals surface area contributed by atoms with E-state index in [9.17, 15) is 14.0 Å². The number of para-hydroxylation sites is 1. The van der Waals surface area contributed by atoms with Gasteiger partial charge in [0.1, 0.15) is 5.82 Å². The summed E-state index contributed by atoms with van der Waals surface area (Å²) in [6.45, 7) is 2.19. The molecule has 2 aromatic carbocycles. The van der Waals surface area contributed by atoms with Crippen LogP contribution in [0, 0.1) is 18.7 Å². The molecule has 2 amide bonds. The first kappa shape index (κ1) is 17.9. The van der Waals surface area contributed by atoms with Crippen LogP contribution in [0.1, 0.15) is 12.0 Å². The summed E-state index contributed by atoms with van der Waals surface area (Å²) in [4.78, 5) is 30.9. The molecular weight excluding hydrogens is 389 g/mol. The summed E-state index contributed by atoms with van der Waals surface area (Å²) in [5, 5.41) is 3.27. The first-order chi connectivity index (χ1) is 12.9. The Morgan fingerprint density at radius 2 is 2.19 bits per heavy atom. The van der Waals surface area contributed by atoms with Crippen molar-refractivity contribution in [2.75, 3.05) is 16.8 Å². The van der Waals surface area contributed by atoms with Gasteiger partial charge in [0.2, 0.25) is 11.8 Å². The smallest absolute Gasteiger partial charge is 0.231 e. The third kappa shape index (κ3) is 3.40. The Labute approximate surface area is 163 Å². The SMILES string of the molecule is Cc1cccc2sc(NC(=O)C3CC(=O)N(c4ccc(F)c(Cl)c4)C3)nc12. The Balaban J connectivity index is 1.50. The van der Waals surface area contributed by atoms with Crippen LogP contribution in [0.3, 0.4) is 0 Å². The van der Waals surface area contributed by atoms with E-state index in [4.69, 9.17) is 11.6 Å². The van der Waals surface area contributed by atoms with Gasteiger partial charge in [0.05, 0.1) is 21.2 Å². The Morgan fingerprint density at radius 1 is 1.37 bits per heavy atom. The zero-order chi connectivity index (χ0) is 19.1. The molecule has 3 aromatic rings. The highest BCUT2D eigenvalue weighted by molar-refractivity contribution is 7.22. The second kappa shape index (κ2) is 6.90. The van der Waals surface area contributed by atoms with Gasteiger partial charge >= 0.3 is 0 Å². The second-order valence-electron chi connectivity index (χ2n) is 6.43. The fourth-order valence-electron chi connectivity index (χ4n) is 3.13. The van der Waals surface area contributed by atoms with Crippen molar-refractivity contribution in [3.8, 4) is 0 Å². The number of aryl methyl sites for hydroxylation is 1. The predicted molar refractivity (Wildman–Crippen MR) is 105 cm³/mol. The van der Waals surface area contributed by atoms with Gasteiger partial charge in [-0.2, -0.15) is 0 Å². The van der Waals surface area contributed by atoms with Crippen molar-refractivity contribution in [3.05, 3.63) is 52.8 Å². The number of amides is 2. The van der Waals surface area contributed by atoms with E-state index in [0.717, 1.165) is 15.8 Å². The van der Waals surface area contributed by atoms with Gasteiger partial charge < -0.3 is 10.2 Å². The van der Waals surface area contributed by atoms with Crippen LogP contribution in [0.4, 0.5) is 15.2 Å². The number of nitrogens with zero attached hydrogens (tertiary/aromatic N) is 2. The van der Waals surface area contributed by atoms with Crippen molar-refractivity contribution in [1.82, 2.24) is 4.98 Å². The quantitative estimate of drug-likeness (QED) is 0.705. The van der Waals surface area contributed by atoms with Crippen LogP contribution in [0.25, 0.3) is 10.2 Å². The van der Waals surface area contributed by atoms with E-state index in [1.54, 1.807) is 0 Å². The van der Waals surface area contributed by atoms with Crippen LogP contribution >= 0.6 is 22.9 Å². The number of nitrogens with one attached hydrogen (secondary N) is 1. The Bertz CT molecular complexity index is 1070. The lowest BCUT2D eigenvalue weighted by atomic mass is 10.1. The van der Waals surface area contributed by atoms with Gasteiger partial charge in [-0.25, -0.2) is 9.37 Å². The summed E-state index contributed by atoms with van der Waals surface area (Å²) in [7, 11) is 0. The summed E-state index contributed by atoms with van der Waals surface area (Å²) in [5.74, 6) is -1.50. The van der Waals surface area contributed by atoms with Crippen molar-refractivity contribution in [2.45, 2.75) is 13.3 Å². The molecule has 1 saturated heterocycles. The van der Waals surface area contributed by atoms with Crippen LogP contribution in [0.5, 0.6) is 0 Å². The summed E-state index contributed by atoms with van der Waals surface area (Å²) < 4.78 is 14.3. The number of hydrogen-bond acceptors (Lipinski definition) is 4. The van der Waals surface area contributed by atoms with Crippen molar-refractivity contribution >= 4 is 55.8 Å². The van der Waals surface area contributed by atoms with Crippen LogP contribution in [-0.4, -0.2) is 23.3 Å². The number of halogens is 2. The average Bonchev–Trinajstić information content (AvgIpc) is 3.21. The van der Waals surface area contributed by atoms with E-state index in [1.807, 2.05) is 25.1 Å². The van der Waals surface area contributed by atoms with E-state index >= 15 is 0 Å². The van der Waals surface area contributed by atoms with Crippen molar-refractivity contribution in [2.24, 2.45) is 5.92 Å². The average molecular weight is 404 g/mol. The molecule has 1 unspecified atom stereocenters. The number of thiazole rings is 1. The van der Waals surface area contributed by atoms with E-state index in [1.165, 1.54) is 34.4 Å². The Kier molecular flexibility index (Phi) is 4.57.